The Bertz CT molecular complexity index is 446. The van der Waals surface area contributed by atoms with E-state index in [1.165, 1.54) is 57.8 Å². The van der Waals surface area contributed by atoms with Crippen molar-refractivity contribution in [3.05, 3.63) is 23.3 Å². The van der Waals surface area contributed by atoms with Crippen LogP contribution in [0.25, 0.3) is 0 Å². The van der Waals surface area contributed by atoms with Crippen LogP contribution in [0.3, 0.4) is 0 Å². The number of hydrogen-bond acceptors (Lipinski definition) is 3. The van der Waals surface area contributed by atoms with Crippen LogP contribution in [0.4, 0.5) is 0 Å². The number of ether oxygens (including phenoxy) is 1. The number of allylic oxidation sites excluding steroid dienone is 2. The van der Waals surface area contributed by atoms with E-state index in [-0.39, 0.29) is 0 Å². The summed E-state index contributed by atoms with van der Waals surface area (Å²) in [5.41, 5.74) is 1.05. The molecule has 0 amide bonds. The number of hydrogen-bond donors (Lipinski definition) is 0. The van der Waals surface area contributed by atoms with Gasteiger partial charge in [0.1, 0.15) is 0 Å². The SMILES string of the molecule is CCCCCCCCCCC/C=C\CCCC1=C(C)C(=O)OC1=O. The predicted molar refractivity (Wildman–Crippen MR) is 98.6 cm³/mol. The summed E-state index contributed by atoms with van der Waals surface area (Å²) in [6.07, 6.45) is 20.4. The van der Waals surface area contributed by atoms with Gasteiger partial charge in [-0.2, -0.15) is 0 Å². The largest absolute Gasteiger partial charge is 0.386 e. The minimum Gasteiger partial charge on any atom is -0.386 e. The normalized spacial score (nSPS) is 14.9. The Labute approximate surface area is 147 Å². The molecule has 0 saturated heterocycles. The standard InChI is InChI=1S/C21H34O3/c1-3-4-5-6-7-8-9-10-11-12-13-14-15-16-17-19-18(2)20(22)24-21(19)23/h13-14H,3-12,15-17H2,1-2H3/b14-13-. The predicted octanol–water partition coefficient (Wildman–Crippen LogP) is 6.03. The van der Waals surface area contributed by atoms with Gasteiger partial charge in [-0.05, 0) is 39.0 Å². The second-order valence-corrected chi connectivity index (χ2v) is 6.76. The maximum atomic E-state index is 11.4. The molecule has 24 heavy (non-hydrogen) atoms. The Kier molecular flexibility index (Phi) is 11.2. The number of cyclic esters (lactones) is 2. The topological polar surface area (TPSA) is 43.4 Å². The number of carbonyl (C=O) groups excluding carboxylic acids is 2. The van der Waals surface area contributed by atoms with Crippen molar-refractivity contribution in [2.75, 3.05) is 0 Å². The molecule has 0 aromatic rings. The molecule has 0 spiro atoms. The molecule has 1 heterocycles. The van der Waals surface area contributed by atoms with Crippen LogP contribution >= 0.6 is 0 Å². The zero-order valence-corrected chi connectivity index (χ0v) is 15.6. The Hall–Kier alpha value is -1.38. The molecule has 0 radical (unpaired) electrons. The van der Waals surface area contributed by atoms with Crippen molar-refractivity contribution in [3.63, 3.8) is 0 Å². The van der Waals surface area contributed by atoms with Crippen molar-refractivity contribution in [1.29, 1.82) is 0 Å². The van der Waals surface area contributed by atoms with E-state index in [2.05, 4.69) is 23.8 Å². The highest BCUT2D eigenvalue weighted by atomic mass is 16.6. The van der Waals surface area contributed by atoms with Gasteiger partial charge in [0.2, 0.25) is 0 Å². The van der Waals surface area contributed by atoms with Crippen LogP contribution in [0.1, 0.15) is 97.3 Å². The molecule has 0 bridgehead atoms. The van der Waals surface area contributed by atoms with Gasteiger partial charge < -0.3 is 4.74 Å². The molecule has 136 valence electrons. The highest BCUT2D eigenvalue weighted by Gasteiger charge is 2.28. The highest BCUT2D eigenvalue weighted by molar-refractivity contribution is 6.11. The third kappa shape index (κ3) is 8.47. The maximum absolute atomic E-state index is 11.4. The van der Waals surface area contributed by atoms with Crippen LogP contribution in [-0.2, 0) is 14.3 Å². The van der Waals surface area contributed by atoms with Gasteiger partial charge in [-0.15, -0.1) is 0 Å². The number of esters is 2. The Morgan fingerprint density at radius 3 is 1.83 bits per heavy atom. The molecule has 1 aliphatic heterocycles. The van der Waals surface area contributed by atoms with Crippen LogP contribution in [0.15, 0.2) is 23.3 Å². The first kappa shape index (κ1) is 20.7. The number of rotatable bonds is 14. The van der Waals surface area contributed by atoms with Crippen LogP contribution in [0, 0.1) is 0 Å². The van der Waals surface area contributed by atoms with Gasteiger partial charge in [0.05, 0.1) is 0 Å². The van der Waals surface area contributed by atoms with Gasteiger partial charge in [0, 0.05) is 11.1 Å². The van der Waals surface area contributed by atoms with E-state index >= 15 is 0 Å². The summed E-state index contributed by atoms with van der Waals surface area (Å²) < 4.78 is 4.59. The summed E-state index contributed by atoms with van der Waals surface area (Å²) in [6.45, 7) is 3.93. The monoisotopic (exact) mass is 334 g/mol. The first-order valence-corrected chi connectivity index (χ1v) is 9.78. The van der Waals surface area contributed by atoms with Gasteiger partial charge >= 0.3 is 11.9 Å². The van der Waals surface area contributed by atoms with Crippen molar-refractivity contribution in [1.82, 2.24) is 0 Å². The molecule has 0 saturated carbocycles. The second-order valence-electron chi connectivity index (χ2n) is 6.76. The van der Waals surface area contributed by atoms with E-state index in [4.69, 9.17) is 0 Å². The first-order valence-electron chi connectivity index (χ1n) is 9.78. The summed E-state index contributed by atoms with van der Waals surface area (Å²) in [6, 6.07) is 0. The quantitative estimate of drug-likeness (QED) is 0.168. The smallest absolute Gasteiger partial charge is 0.342 e. The summed E-state index contributed by atoms with van der Waals surface area (Å²) in [5.74, 6) is -0.924. The fourth-order valence-electron chi connectivity index (χ4n) is 2.99. The lowest BCUT2D eigenvalue weighted by atomic mass is 10.0. The summed E-state index contributed by atoms with van der Waals surface area (Å²) in [7, 11) is 0. The lowest BCUT2D eigenvalue weighted by Crippen LogP contribution is -2.01. The van der Waals surface area contributed by atoms with E-state index in [1.807, 2.05) is 0 Å². The first-order chi connectivity index (χ1) is 11.7. The van der Waals surface area contributed by atoms with Gasteiger partial charge in [0.25, 0.3) is 0 Å². The van der Waals surface area contributed by atoms with Gasteiger partial charge in [-0.25, -0.2) is 9.59 Å². The second kappa shape index (κ2) is 13.0. The van der Waals surface area contributed by atoms with Crippen LogP contribution in [0.5, 0.6) is 0 Å². The van der Waals surface area contributed by atoms with Crippen molar-refractivity contribution in [3.8, 4) is 0 Å². The van der Waals surface area contributed by atoms with E-state index in [0.29, 0.717) is 17.6 Å². The summed E-state index contributed by atoms with van der Waals surface area (Å²) in [5, 5.41) is 0. The van der Waals surface area contributed by atoms with Crippen molar-refractivity contribution < 1.29 is 14.3 Å². The van der Waals surface area contributed by atoms with Crippen molar-refractivity contribution >= 4 is 11.9 Å². The highest BCUT2D eigenvalue weighted by Crippen LogP contribution is 2.22. The average molecular weight is 335 g/mol. The minimum absolute atomic E-state index is 0.448. The van der Waals surface area contributed by atoms with E-state index < -0.39 is 11.9 Å². The molecule has 0 unspecified atom stereocenters. The molecule has 0 aromatic heterocycles. The number of carbonyl (C=O) groups is 2. The number of unbranched alkanes of at least 4 members (excludes halogenated alkanes) is 10. The molecule has 0 fully saturated rings. The summed E-state index contributed by atoms with van der Waals surface area (Å²) in [4.78, 5) is 22.7. The van der Waals surface area contributed by atoms with Crippen LogP contribution < -0.4 is 0 Å². The zero-order valence-electron chi connectivity index (χ0n) is 15.6. The third-order valence-electron chi connectivity index (χ3n) is 4.63. The molecule has 0 aromatic carbocycles. The minimum atomic E-state index is -0.476. The Morgan fingerprint density at radius 1 is 0.750 bits per heavy atom. The molecule has 1 rings (SSSR count). The molecule has 3 heteroatoms. The Balaban J connectivity index is 1.92. The van der Waals surface area contributed by atoms with Crippen molar-refractivity contribution in [2.45, 2.75) is 97.3 Å². The van der Waals surface area contributed by atoms with E-state index in [1.54, 1.807) is 6.92 Å². The third-order valence-corrected chi connectivity index (χ3v) is 4.63. The van der Waals surface area contributed by atoms with Crippen LogP contribution in [0.2, 0.25) is 0 Å². The fraction of sp³-hybridized carbons (Fsp3) is 0.714. The fourth-order valence-corrected chi connectivity index (χ4v) is 2.99. The molecular weight excluding hydrogens is 300 g/mol. The molecular formula is C21H34O3. The average Bonchev–Trinajstić information content (AvgIpc) is 2.81. The van der Waals surface area contributed by atoms with Crippen LogP contribution in [-0.4, -0.2) is 11.9 Å². The summed E-state index contributed by atoms with van der Waals surface area (Å²) >= 11 is 0. The van der Waals surface area contributed by atoms with Gasteiger partial charge in [0.15, 0.2) is 0 Å². The molecule has 0 N–H and O–H groups in total. The maximum Gasteiger partial charge on any atom is 0.342 e. The zero-order chi connectivity index (χ0) is 17.6. The molecule has 0 aliphatic carbocycles. The Morgan fingerprint density at radius 2 is 1.29 bits per heavy atom. The lowest BCUT2D eigenvalue weighted by Gasteiger charge is -2.00. The van der Waals surface area contributed by atoms with E-state index in [9.17, 15) is 9.59 Å². The molecule has 1 aliphatic rings. The molecule has 0 atom stereocenters. The van der Waals surface area contributed by atoms with Gasteiger partial charge in [-0.1, -0.05) is 70.4 Å². The van der Waals surface area contributed by atoms with Crippen molar-refractivity contribution in [2.24, 2.45) is 0 Å². The van der Waals surface area contributed by atoms with Gasteiger partial charge in [-0.3, -0.25) is 0 Å². The lowest BCUT2D eigenvalue weighted by molar-refractivity contribution is -0.151. The molecule has 3 nitrogen and oxygen atoms in total. The van der Waals surface area contributed by atoms with E-state index in [0.717, 1.165) is 19.3 Å².